The highest BCUT2D eigenvalue weighted by Crippen LogP contribution is 2.44. The lowest BCUT2D eigenvalue weighted by atomic mass is 9.76. The van der Waals surface area contributed by atoms with Crippen molar-refractivity contribution >= 4 is 11.6 Å². The smallest absolute Gasteiger partial charge is 0.0406 e. The molecule has 0 amide bonds. The van der Waals surface area contributed by atoms with Gasteiger partial charge in [-0.2, -0.15) is 0 Å². The lowest BCUT2D eigenvalue weighted by Crippen LogP contribution is -2.40. The van der Waals surface area contributed by atoms with Gasteiger partial charge in [0.15, 0.2) is 0 Å². The summed E-state index contributed by atoms with van der Waals surface area (Å²) in [5.41, 5.74) is 1.85. The third-order valence-corrected chi connectivity index (χ3v) is 4.82. The van der Waals surface area contributed by atoms with E-state index >= 15 is 0 Å². The zero-order chi connectivity index (χ0) is 13.2. The van der Waals surface area contributed by atoms with Gasteiger partial charge in [0.25, 0.3) is 0 Å². The van der Waals surface area contributed by atoms with Crippen LogP contribution in [0.15, 0.2) is 24.3 Å². The van der Waals surface area contributed by atoms with Crippen LogP contribution in [-0.2, 0) is 6.42 Å². The molecule has 1 saturated carbocycles. The Morgan fingerprint density at radius 1 is 1.33 bits per heavy atom. The van der Waals surface area contributed by atoms with Crippen molar-refractivity contribution in [3.63, 3.8) is 0 Å². The summed E-state index contributed by atoms with van der Waals surface area (Å²) in [6.45, 7) is 4.83. The normalized spacial score (nSPS) is 24.1. The van der Waals surface area contributed by atoms with Crippen LogP contribution >= 0.6 is 11.6 Å². The molecule has 1 fully saturated rings. The first-order valence-corrected chi connectivity index (χ1v) is 7.32. The van der Waals surface area contributed by atoms with Gasteiger partial charge in [-0.05, 0) is 55.3 Å². The van der Waals surface area contributed by atoms with Crippen molar-refractivity contribution in [3.05, 3.63) is 34.9 Å². The Hall–Kier alpha value is -0.530. The minimum Gasteiger partial charge on any atom is -0.316 e. The summed E-state index contributed by atoms with van der Waals surface area (Å²) in [6.07, 6.45) is 5.18. The standard InChI is InChI=1S/C16H24ClN/c1-16(2)10-4-5-14(16)15(18-3)11-12-6-8-13(17)9-7-12/h6-9,14-15,18H,4-5,10-11H2,1-3H3. The molecule has 1 aromatic rings. The van der Waals surface area contributed by atoms with Crippen LogP contribution in [0.2, 0.25) is 5.02 Å². The first kappa shape index (κ1) is 13.9. The summed E-state index contributed by atoms with van der Waals surface area (Å²) in [7, 11) is 2.09. The number of hydrogen-bond acceptors (Lipinski definition) is 1. The third-order valence-electron chi connectivity index (χ3n) is 4.57. The minimum atomic E-state index is 0.472. The number of hydrogen-bond donors (Lipinski definition) is 1. The van der Waals surface area contributed by atoms with Crippen LogP contribution in [-0.4, -0.2) is 13.1 Å². The maximum atomic E-state index is 5.94. The fourth-order valence-electron chi connectivity index (χ4n) is 3.42. The minimum absolute atomic E-state index is 0.472. The fourth-order valence-corrected chi connectivity index (χ4v) is 3.55. The first-order valence-electron chi connectivity index (χ1n) is 6.94. The molecule has 2 unspecified atom stereocenters. The van der Waals surface area contributed by atoms with Crippen molar-refractivity contribution in [3.8, 4) is 0 Å². The van der Waals surface area contributed by atoms with Crippen molar-refractivity contribution < 1.29 is 0 Å². The van der Waals surface area contributed by atoms with E-state index in [-0.39, 0.29) is 0 Å². The van der Waals surface area contributed by atoms with E-state index in [1.54, 1.807) is 0 Å². The van der Waals surface area contributed by atoms with Crippen molar-refractivity contribution in [2.24, 2.45) is 11.3 Å². The Morgan fingerprint density at radius 3 is 2.50 bits per heavy atom. The van der Waals surface area contributed by atoms with Gasteiger partial charge >= 0.3 is 0 Å². The number of likely N-dealkylation sites (N-methyl/N-ethyl adjacent to an activating group) is 1. The van der Waals surface area contributed by atoms with Crippen LogP contribution in [0.5, 0.6) is 0 Å². The van der Waals surface area contributed by atoms with E-state index in [1.807, 2.05) is 12.1 Å². The van der Waals surface area contributed by atoms with Gasteiger partial charge in [0.2, 0.25) is 0 Å². The topological polar surface area (TPSA) is 12.0 Å². The Balaban J connectivity index is 2.07. The molecule has 0 radical (unpaired) electrons. The highest BCUT2D eigenvalue weighted by atomic mass is 35.5. The zero-order valence-electron chi connectivity index (χ0n) is 11.7. The Morgan fingerprint density at radius 2 is 2.00 bits per heavy atom. The maximum Gasteiger partial charge on any atom is 0.0406 e. The molecule has 100 valence electrons. The molecule has 1 nitrogen and oxygen atoms in total. The van der Waals surface area contributed by atoms with E-state index in [4.69, 9.17) is 11.6 Å². The maximum absolute atomic E-state index is 5.94. The van der Waals surface area contributed by atoms with E-state index in [0.717, 1.165) is 17.4 Å². The number of rotatable bonds is 4. The summed E-state index contributed by atoms with van der Waals surface area (Å²) < 4.78 is 0. The van der Waals surface area contributed by atoms with Gasteiger partial charge in [-0.15, -0.1) is 0 Å². The van der Waals surface area contributed by atoms with Crippen LogP contribution in [0.3, 0.4) is 0 Å². The molecule has 0 saturated heterocycles. The van der Waals surface area contributed by atoms with Gasteiger partial charge in [0.1, 0.15) is 0 Å². The fraction of sp³-hybridized carbons (Fsp3) is 0.625. The van der Waals surface area contributed by atoms with Gasteiger partial charge in [-0.25, -0.2) is 0 Å². The number of nitrogens with one attached hydrogen (secondary N) is 1. The molecule has 1 aliphatic carbocycles. The van der Waals surface area contributed by atoms with Crippen LogP contribution in [0.4, 0.5) is 0 Å². The molecule has 18 heavy (non-hydrogen) atoms. The molecule has 0 heterocycles. The quantitative estimate of drug-likeness (QED) is 0.856. The summed E-state index contributed by atoms with van der Waals surface area (Å²) >= 11 is 5.94. The van der Waals surface area contributed by atoms with Crippen molar-refractivity contribution in [1.82, 2.24) is 5.32 Å². The van der Waals surface area contributed by atoms with Crippen molar-refractivity contribution in [1.29, 1.82) is 0 Å². The Kier molecular flexibility index (Phi) is 4.34. The molecule has 0 spiro atoms. The summed E-state index contributed by atoms with van der Waals surface area (Å²) in [5, 5.41) is 4.35. The van der Waals surface area contributed by atoms with Crippen LogP contribution in [0, 0.1) is 11.3 Å². The molecule has 1 N–H and O–H groups in total. The monoisotopic (exact) mass is 265 g/mol. The number of halogens is 1. The molecule has 1 aromatic carbocycles. The highest BCUT2D eigenvalue weighted by molar-refractivity contribution is 6.30. The van der Waals surface area contributed by atoms with Gasteiger partial charge in [-0.3, -0.25) is 0 Å². The Labute approximate surface area is 116 Å². The molecule has 2 atom stereocenters. The lowest BCUT2D eigenvalue weighted by molar-refractivity contribution is 0.201. The summed E-state index contributed by atoms with van der Waals surface area (Å²) in [4.78, 5) is 0. The van der Waals surface area contributed by atoms with Crippen molar-refractivity contribution in [2.75, 3.05) is 7.05 Å². The van der Waals surface area contributed by atoms with Gasteiger partial charge in [-0.1, -0.05) is 44.0 Å². The largest absolute Gasteiger partial charge is 0.316 e. The molecule has 1 aliphatic rings. The average molecular weight is 266 g/mol. The molecular formula is C16H24ClN. The summed E-state index contributed by atoms with van der Waals surface area (Å²) in [6, 6.07) is 8.85. The van der Waals surface area contributed by atoms with Crippen molar-refractivity contribution in [2.45, 2.75) is 45.6 Å². The molecule has 2 heteroatoms. The highest BCUT2D eigenvalue weighted by Gasteiger charge is 2.38. The van der Waals surface area contributed by atoms with E-state index in [1.165, 1.54) is 24.8 Å². The zero-order valence-corrected chi connectivity index (χ0v) is 12.4. The van der Waals surface area contributed by atoms with Gasteiger partial charge in [0, 0.05) is 11.1 Å². The van der Waals surface area contributed by atoms with E-state index < -0.39 is 0 Å². The molecule has 0 aromatic heterocycles. The molecule has 0 bridgehead atoms. The average Bonchev–Trinajstić information content (AvgIpc) is 2.68. The molecular weight excluding hydrogens is 242 g/mol. The third kappa shape index (κ3) is 3.07. The van der Waals surface area contributed by atoms with Crippen LogP contribution in [0.1, 0.15) is 38.7 Å². The van der Waals surface area contributed by atoms with E-state index in [2.05, 4.69) is 38.3 Å². The first-order chi connectivity index (χ1) is 8.53. The predicted octanol–water partition coefficient (Wildman–Crippen LogP) is 4.30. The molecule has 0 aliphatic heterocycles. The second-order valence-electron chi connectivity index (χ2n) is 6.21. The van der Waals surface area contributed by atoms with Crippen LogP contribution in [0.25, 0.3) is 0 Å². The van der Waals surface area contributed by atoms with E-state index in [0.29, 0.717) is 11.5 Å². The predicted molar refractivity (Wildman–Crippen MR) is 79.1 cm³/mol. The second-order valence-corrected chi connectivity index (χ2v) is 6.65. The van der Waals surface area contributed by atoms with Gasteiger partial charge < -0.3 is 5.32 Å². The van der Waals surface area contributed by atoms with Crippen LogP contribution < -0.4 is 5.32 Å². The SMILES string of the molecule is CNC(Cc1ccc(Cl)cc1)C1CCCC1(C)C. The summed E-state index contributed by atoms with van der Waals surface area (Å²) in [5.74, 6) is 0.776. The van der Waals surface area contributed by atoms with Gasteiger partial charge in [0.05, 0.1) is 0 Å². The molecule has 2 rings (SSSR count). The Bertz CT molecular complexity index is 383. The number of benzene rings is 1. The second kappa shape index (κ2) is 5.63. The lowest BCUT2D eigenvalue weighted by Gasteiger charge is -2.34. The van der Waals surface area contributed by atoms with E-state index in [9.17, 15) is 0 Å².